The summed E-state index contributed by atoms with van der Waals surface area (Å²) in [6.45, 7) is 7.58. The standard InChI is InChI=1S/C14H22N2O2/c1-4-18-13-8-10(2)12(7-11(13)3)9-16-14(17)5-6-15/h7-8H,4-6,9,15H2,1-3H3,(H,16,17). The molecule has 1 aromatic carbocycles. The lowest BCUT2D eigenvalue weighted by molar-refractivity contribution is -0.121. The number of benzene rings is 1. The third kappa shape index (κ3) is 4.04. The number of hydrogen-bond acceptors (Lipinski definition) is 3. The van der Waals surface area contributed by atoms with Crippen molar-refractivity contribution < 1.29 is 9.53 Å². The highest BCUT2D eigenvalue weighted by Gasteiger charge is 2.06. The van der Waals surface area contributed by atoms with Gasteiger partial charge in [0.25, 0.3) is 0 Å². The number of nitrogens with one attached hydrogen (secondary N) is 1. The molecule has 0 aliphatic rings. The minimum atomic E-state index is -0.0107. The Hall–Kier alpha value is -1.55. The molecule has 1 amide bonds. The van der Waals surface area contributed by atoms with E-state index in [2.05, 4.69) is 11.4 Å². The summed E-state index contributed by atoms with van der Waals surface area (Å²) in [4.78, 5) is 11.4. The molecule has 0 spiro atoms. The van der Waals surface area contributed by atoms with Crippen LogP contribution < -0.4 is 15.8 Å². The van der Waals surface area contributed by atoms with Crippen LogP contribution in [-0.4, -0.2) is 19.1 Å². The first-order chi connectivity index (χ1) is 8.58. The Morgan fingerprint density at radius 2 is 2.06 bits per heavy atom. The number of carbonyl (C=O) groups is 1. The normalized spacial score (nSPS) is 10.2. The molecule has 0 saturated carbocycles. The fourth-order valence-corrected chi connectivity index (χ4v) is 1.76. The number of amides is 1. The number of aryl methyl sites for hydroxylation is 2. The highest BCUT2D eigenvalue weighted by molar-refractivity contribution is 5.76. The van der Waals surface area contributed by atoms with E-state index in [1.807, 2.05) is 26.8 Å². The van der Waals surface area contributed by atoms with Crippen molar-refractivity contribution in [3.63, 3.8) is 0 Å². The van der Waals surface area contributed by atoms with Crippen LogP contribution in [0.3, 0.4) is 0 Å². The Balaban J connectivity index is 2.72. The summed E-state index contributed by atoms with van der Waals surface area (Å²) in [5, 5.41) is 2.86. The molecule has 0 fully saturated rings. The average molecular weight is 250 g/mol. The topological polar surface area (TPSA) is 64.3 Å². The quantitative estimate of drug-likeness (QED) is 0.807. The molecule has 3 N–H and O–H groups in total. The summed E-state index contributed by atoms with van der Waals surface area (Å²) in [5.41, 5.74) is 8.65. The van der Waals surface area contributed by atoms with Crippen LogP contribution in [0.5, 0.6) is 5.75 Å². The molecule has 18 heavy (non-hydrogen) atoms. The van der Waals surface area contributed by atoms with Crippen LogP contribution in [0.4, 0.5) is 0 Å². The molecule has 0 unspecified atom stereocenters. The molecule has 100 valence electrons. The molecule has 0 aromatic heterocycles. The summed E-state index contributed by atoms with van der Waals surface area (Å²) in [5.74, 6) is 0.899. The van der Waals surface area contributed by atoms with Gasteiger partial charge in [-0.05, 0) is 43.5 Å². The monoisotopic (exact) mass is 250 g/mol. The molecule has 0 aliphatic carbocycles. The molecular weight excluding hydrogens is 228 g/mol. The van der Waals surface area contributed by atoms with E-state index in [1.165, 1.54) is 0 Å². The predicted octanol–water partition coefficient (Wildman–Crippen LogP) is 1.67. The molecular formula is C14H22N2O2. The van der Waals surface area contributed by atoms with E-state index in [9.17, 15) is 4.79 Å². The number of nitrogens with two attached hydrogens (primary N) is 1. The van der Waals surface area contributed by atoms with Crippen molar-refractivity contribution in [2.75, 3.05) is 13.2 Å². The Morgan fingerprint density at radius 1 is 1.33 bits per heavy atom. The first kappa shape index (κ1) is 14.5. The van der Waals surface area contributed by atoms with Gasteiger partial charge in [0.15, 0.2) is 0 Å². The van der Waals surface area contributed by atoms with Gasteiger partial charge in [-0.3, -0.25) is 4.79 Å². The minimum Gasteiger partial charge on any atom is -0.494 e. The first-order valence-corrected chi connectivity index (χ1v) is 6.28. The van der Waals surface area contributed by atoms with Gasteiger partial charge in [-0.15, -0.1) is 0 Å². The van der Waals surface area contributed by atoms with Crippen molar-refractivity contribution in [3.05, 3.63) is 28.8 Å². The van der Waals surface area contributed by atoms with Gasteiger partial charge in [-0.2, -0.15) is 0 Å². The van der Waals surface area contributed by atoms with Gasteiger partial charge in [-0.25, -0.2) is 0 Å². The van der Waals surface area contributed by atoms with Crippen molar-refractivity contribution in [3.8, 4) is 5.75 Å². The minimum absolute atomic E-state index is 0.0107. The second kappa shape index (κ2) is 7.01. The van der Waals surface area contributed by atoms with Crippen LogP contribution in [0.15, 0.2) is 12.1 Å². The maximum Gasteiger partial charge on any atom is 0.221 e. The van der Waals surface area contributed by atoms with Gasteiger partial charge < -0.3 is 15.8 Å². The Bertz CT molecular complexity index is 417. The van der Waals surface area contributed by atoms with E-state index in [1.54, 1.807) is 0 Å². The van der Waals surface area contributed by atoms with Crippen molar-refractivity contribution in [1.82, 2.24) is 5.32 Å². The lowest BCUT2D eigenvalue weighted by atomic mass is 10.0. The molecule has 0 saturated heterocycles. The zero-order valence-electron chi connectivity index (χ0n) is 11.4. The molecule has 1 rings (SSSR count). The molecule has 0 aliphatic heterocycles. The number of hydrogen-bond donors (Lipinski definition) is 2. The van der Waals surface area contributed by atoms with Crippen LogP contribution in [0.25, 0.3) is 0 Å². The number of ether oxygens (including phenoxy) is 1. The van der Waals surface area contributed by atoms with E-state index in [-0.39, 0.29) is 5.91 Å². The maximum absolute atomic E-state index is 11.4. The van der Waals surface area contributed by atoms with Crippen LogP contribution in [0.2, 0.25) is 0 Å². The van der Waals surface area contributed by atoms with Crippen molar-refractivity contribution in [2.24, 2.45) is 5.73 Å². The Labute approximate surface area is 109 Å². The van der Waals surface area contributed by atoms with E-state index >= 15 is 0 Å². The van der Waals surface area contributed by atoms with Crippen molar-refractivity contribution in [2.45, 2.75) is 33.7 Å². The lowest BCUT2D eigenvalue weighted by Crippen LogP contribution is -2.25. The van der Waals surface area contributed by atoms with Gasteiger partial charge in [0.1, 0.15) is 5.75 Å². The fraction of sp³-hybridized carbons (Fsp3) is 0.500. The fourth-order valence-electron chi connectivity index (χ4n) is 1.76. The molecule has 1 aromatic rings. The van der Waals surface area contributed by atoms with Crippen molar-refractivity contribution >= 4 is 5.91 Å². The largest absolute Gasteiger partial charge is 0.494 e. The van der Waals surface area contributed by atoms with E-state index in [0.29, 0.717) is 26.1 Å². The number of rotatable bonds is 6. The predicted molar refractivity (Wildman–Crippen MR) is 72.6 cm³/mol. The Kier molecular flexibility index (Phi) is 5.65. The van der Waals surface area contributed by atoms with Gasteiger partial charge in [0.2, 0.25) is 5.91 Å². The molecule has 0 atom stereocenters. The summed E-state index contributed by atoms with van der Waals surface area (Å²) in [6, 6.07) is 4.08. The van der Waals surface area contributed by atoms with Crippen LogP contribution in [0.1, 0.15) is 30.0 Å². The maximum atomic E-state index is 11.4. The van der Waals surface area contributed by atoms with Gasteiger partial charge in [0.05, 0.1) is 6.61 Å². The smallest absolute Gasteiger partial charge is 0.221 e. The zero-order chi connectivity index (χ0) is 13.5. The first-order valence-electron chi connectivity index (χ1n) is 6.28. The van der Waals surface area contributed by atoms with Gasteiger partial charge in [0, 0.05) is 19.5 Å². The van der Waals surface area contributed by atoms with Gasteiger partial charge >= 0.3 is 0 Å². The van der Waals surface area contributed by atoms with E-state index in [4.69, 9.17) is 10.5 Å². The molecule has 4 heteroatoms. The van der Waals surface area contributed by atoms with Crippen LogP contribution in [0, 0.1) is 13.8 Å². The zero-order valence-corrected chi connectivity index (χ0v) is 11.4. The van der Waals surface area contributed by atoms with E-state index < -0.39 is 0 Å². The van der Waals surface area contributed by atoms with E-state index in [0.717, 1.165) is 22.4 Å². The third-order valence-corrected chi connectivity index (χ3v) is 2.78. The molecule has 0 radical (unpaired) electrons. The Morgan fingerprint density at radius 3 is 2.67 bits per heavy atom. The highest BCUT2D eigenvalue weighted by atomic mass is 16.5. The highest BCUT2D eigenvalue weighted by Crippen LogP contribution is 2.22. The van der Waals surface area contributed by atoms with Crippen LogP contribution in [-0.2, 0) is 11.3 Å². The second-order valence-electron chi connectivity index (χ2n) is 4.29. The summed E-state index contributed by atoms with van der Waals surface area (Å²) in [6.07, 6.45) is 0.370. The summed E-state index contributed by atoms with van der Waals surface area (Å²) >= 11 is 0. The van der Waals surface area contributed by atoms with Gasteiger partial charge in [-0.1, -0.05) is 6.07 Å². The lowest BCUT2D eigenvalue weighted by Gasteiger charge is -2.13. The summed E-state index contributed by atoms with van der Waals surface area (Å²) in [7, 11) is 0. The molecule has 4 nitrogen and oxygen atoms in total. The molecule has 0 heterocycles. The van der Waals surface area contributed by atoms with Crippen LogP contribution >= 0.6 is 0 Å². The average Bonchev–Trinajstić information content (AvgIpc) is 2.32. The summed E-state index contributed by atoms with van der Waals surface area (Å²) < 4.78 is 5.53. The number of carbonyl (C=O) groups excluding carboxylic acids is 1. The van der Waals surface area contributed by atoms with Crippen molar-refractivity contribution in [1.29, 1.82) is 0 Å². The SMILES string of the molecule is CCOc1cc(C)c(CNC(=O)CCN)cc1C. The molecule has 0 bridgehead atoms. The second-order valence-corrected chi connectivity index (χ2v) is 4.29. The third-order valence-electron chi connectivity index (χ3n) is 2.78.